The van der Waals surface area contributed by atoms with Crippen LogP contribution >= 0.6 is 23.1 Å². The Balaban J connectivity index is 1.58. The molecule has 23 heavy (non-hydrogen) atoms. The summed E-state index contributed by atoms with van der Waals surface area (Å²) in [5, 5.41) is 7.21. The van der Waals surface area contributed by atoms with Crippen molar-refractivity contribution in [2.45, 2.75) is 17.6 Å². The average Bonchev–Trinajstić information content (AvgIpc) is 3.23. The lowest BCUT2D eigenvalue weighted by Gasteiger charge is -2.06. The Bertz CT molecular complexity index is 948. The highest BCUT2D eigenvalue weighted by Gasteiger charge is 2.11. The zero-order valence-electron chi connectivity index (χ0n) is 12.4. The van der Waals surface area contributed by atoms with E-state index in [0.29, 0.717) is 17.5 Å². The third-order valence-electron chi connectivity index (χ3n) is 3.37. The highest BCUT2D eigenvalue weighted by atomic mass is 32.2. The number of nitrogens with zero attached hydrogens (tertiary/aromatic N) is 3. The van der Waals surface area contributed by atoms with Crippen molar-refractivity contribution in [3.63, 3.8) is 0 Å². The lowest BCUT2D eigenvalue weighted by Crippen LogP contribution is -1.88. The van der Waals surface area contributed by atoms with Gasteiger partial charge in [-0.25, -0.2) is 0 Å². The van der Waals surface area contributed by atoms with Crippen LogP contribution in [0.5, 0.6) is 0 Å². The maximum Gasteiger partial charge on any atom is 0.237 e. The minimum Gasteiger partial charge on any atom is -0.338 e. The van der Waals surface area contributed by atoms with Crippen molar-refractivity contribution in [3.8, 4) is 10.7 Å². The zero-order chi connectivity index (χ0) is 15.6. The van der Waals surface area contributed by atoms with Crippen LogP contribution in [0.4, 0.5) is 0 Å². The molecule has 4 rings (SSSR count). The summed E-state index contributed by atoms with van der Waals surface area (Å²) in [6.45, 7) is 2.01. The lowest BCUT2D eigenvalue weighted by molar-refractivity contribution is 0.392. The Kier molecular flexibility index (Phi) is 3.85. The van der Waals surface area contributed by atoms with Crippen LogP contribution in [0.2, 0.25) is 0 Å². The second-order valence-corrected chi connectivity index (χ2v) is 7.02. The van der Waals surface area contributed by atoms with E-state index >= 15 is 0 Å². The third kappa shape index (κ3) is 3.00. The number of thiophene rings is 1. The monoisotopic (exact) mass is 339 g/mol. The van der Waals surface area contributed by atoms with E-state index in [0.717, 1.165) is 21.5 Å². The standard InChI is InChI=1S/C17H13N3OS2/c1-11-9-15(12-5-2-3-6-13(12)18-11)23-10-16-19-17(20-21-16)14-7-4-8-22-14/h2-9H,10H2,1H3. The van der Waals surface area contributed by atoms with Gasteiger partial charge in [-0.15, -0.1) is 23.1 Å². The molecule has 0 aliphatic carbocycles. The van der Waals surface area contributed by atoms with E-state index in [2.05, 4.69) is 27.3 Å². The first-order valence-corrected chi connectivity index (χ1v) is 9.02. The molecule has 0 spiro atoms. The Morgan fingerprint density at radius 3 is 2.91 bits per heavy atom. The van der Waals surface area contributed by atoms with Crippen LogP contribution in [-0.4, -0.2) is 15.1 Å². The van der Waals surface area contributed by atoms with E-state index in [1.807, 2.05) is 42.6 Å². The van der Waals surface area contributed by atoms with Gasteiger partial charge in [-0.2, -0.15) is 4.98 Å². The van der Waals surface area contributed by atoms with Gasteiger partial charge in [0, 0.05) is 16.0 Å². The Hall–Kier alpha value is -2.18. The predicted octanol–water partition coefficient (Wildman–Crippen LogP) is 4.95. The topological polar surface area (TPSA) is 51.8 Å². The molecule has 0 N–H and O–H groups in total. The summed E-state index contributed by atoms with van der Waals surface area (Å²) >= 11 is 3.30. The summed E-state index contributed by atoms with van der Waals surface area (Å²) in [4.78, 5) is 11.2. The van der Waals surface area contributed by atoms with E-state index in [4.69, 9.17) is 4.52 Å². The number of para-hydroxylation sites is 1. The quantitative estimate of drug-likeness (QED) is 0.493. The lowest BCUT2D eigenvalue weighted by atomic mass is 10.2. The van der Waals surface area contributed by atoms with Gasteiger partial charge >= 0.3 is 0 Å². The van der Waals surface area contributed by atoms with E-state index in [1.165, 1.54) is 4.90 Å². The fraction of sp³-hybridized carbons (Fsp3) is 0.118. The molecule has 0 bridgehead atoms. The molecular formula is C17H13N3OS2. The Morgan fingerprint density at radius 2 is 2.04 bits per heavy atom. The molecule has 1 aromatic carbocycles. The fourth-order valence-corrected chi connectivity index (χ4v) is 3.97. The minimum absolute atomic E-state index is 0.636. The number of fused-ring (bicyclic) bond motifs is 1. The molecule has 114 valence electrons. The Morgan fingerprint density at radius 1 is 1.13 bits per heavy atom. The van der Waals surface area contributed by atoms with Crippen LogP contribution in [0.15, 0.2) is 57.3 Å². The second kappa shape index (κ2) is 6.14. The second-order valence-electron chi connectivity index (χ2n) is 5.06. The zero-order valence-corrected chi connectivity index (χ0v) is 14.0. The maximum absolute atomic E-state index is 5.36. The Labute approximate surface area is 141 Å². The van der Waals surface area contributed by atoms with E-state index in [1.54, 1.807) is 23.1 Å². The summed E-state index contributed by atoms with van der Waals surface area (Å²) in [5.74, 6) is 1.94. The minimum atomic E-state index is 0.636. The van der Waals surface area contributed by atoms with Gasteiger partial charge in [0.1, 0.15) is 0 Å². The molecule has 4 nitrogen and oxygen atoms in total. The van der Waals surface area contributed by atoms with Gasteiger partial charge in [-0.05, 0) is 30.5 Å². The van der Waals surface area contributed by atoms with Crippen LogP contribution in [0.1, 0.15) is 11.6 Å². The largest absolute Gasteiger partial charge is 0.338 e. The van der Waals surface area contributed by atoms with Gasteiger partial charge in [0.25, 0.3) is 0 Å². The van der Waals surface area contributed by atoms with Crippen molar-refractivity contribution in [2.24, 2.45) is 0 Å². The molecule has 0 amide bonds. The van der Waals surface area contributed by atoms with E-state index in [9.17, 15) is 0 Å². The molecule has 0 saturated carbocycles. The summed E-state index contributed by atoms with van der Waals surface area (Å²) < 4.78 is 5.36. The number of hydrogen-bond donors (Lipinski definition) is 0. The number of aryl methyl sites for hydroxylation is 1. The van der Waals surface area contributed by atoms with Crippen molar-refractivity contribution in [1.29, 1.82) is 0 Å². The van der Waals surface area contributed by atoms with Crippen molar-refractivity contribution in [3.05, 3.63) is 59.4 Å². The molecule has 3 aromatic heterocycles. The van der Waals surface area contributed by atoms with Crippen LogP contribution in [-0.2, 0) is 5.75 Å². The molecule has 0 saturated heterocycles. The first-order chi connectivity index (χ1) is 11.3. The molecule has 3 heterocycles. The molecule has 4 aromatic rings. The third-order valence-corrected chi connectivity index (χ3v) is 5.27. The molecule has 0 radical (unpaired) electrons. The van der Waals surface area contributed by atoms with Crippen molar-refractivity contribution < 1.29 is 4.52 Å². The number of benzene rings is 1. The van der Waals surface area contributed by atoms with Crippen LogP contribution in [0.3, 0.4) is 0 Å². The maximum atomic E-state index is 5.36. The molecular weight excluding hydrogens is 326 g/mol. The molecule has 0 aliphatic heterocycles. The number of aromatic nitrogens is 3. The predicted molar refractivity (Wildman–Crippen MR) is 93.7 cm³/mol. The van der Waals surface area contributed by atoms with Gasteiger partial charge in [0.2, 0.25) is 11.7 Å². The highest BCUT2D eigenvalue weighted by molar-refractivity contribution is 7.98. The van der Waals surface area contributed by atoms with Gasteiger partial charge in [-0.3, -0.25) is 4.98 Å². The van der Waals surface area contributed by atoms with Crippen LogP contribution in [0.25, 0.3) is 21.6 Å². The molecule has 0 fully saturated rings. The number of pyridine rings is 1. The SMILES string of the molecule is Cc1cc(SCc2nc(-c3cccs3)no2)c2ccccc2n1. The number of rotatable bonds is 4. The van der Waals surface area contributed by atoms with Crippen molar-refractivity contribution in [2.75, 3.05) is 0 Å². The first kappa shape index (κ1) is 14.4. The smallest absolute Gasteiger partial charge is 0.237 e. The van der Waals surface area contributed by atoms with Crippen molar-refractivity contribution >= 4 is 34.0 Å². The number of thioether (sulfide) groups is 1. The molecule has 6 heteroatoms. The summed E-state index contributed by atoms with van der Waals surface area (Å²) in [5.41, 5.74) is 2.02. The summed E-state index contributed by atoms with van der Waals surface area (Å²) in [6, 6.07) is 14.2. The van der Waals surface area contributed by atoms with Gasteiger partial charge in [0.05, 0.1) is 16.1 Å². The van der Waals surface area contributed by atoms with Crippen molar-refractivity contribution in [1.82, 2.24) is 15.1 Å². The van der Waals surface area contributed by atoms with E-state index in [-0.39, 0.29) is 0 Å². The van der Waals surface area contributed by atoms with Crippen LogP contribution in [0, 0.1) is 6.92 Å². The van der Waals surface area contributed by atoms with E-state index < -0.39 is 0 Å². The summed E-state index contributed by atoms with van der Waals surface area (Å²) in [7, 11) is 0. The normalized spacial score (nSPS) is 11.2. The fourth-order valence-electron chi connectivity index (χ4n) is 2.35. The van der Waals surface area contributed by atoms with Gasteiger partial charge in [0.15, 0.2) is 0 Å². The van der Waals surface area contributed by atoms with Gasteiger partial charge in [-0.1, -0.05) is 29.4 Å². The molecule has 0 unspecified atom stereocenters. The highest BCUT2D eigenvalue weighted by Crippen LogP contribution is 2.30. The first-order valence-electron chi connectivity index (χ1n) is 7.15. The summed E-state index contributed by atoms with van der Waals surface area (Å²) in [6.07, 6.45) is 0. The van der Waals surface area contributed by atoms with Gasteiger partial charge < -0.3 is 4.52 Å². The molecule has 0 aliphatic rings. The number of hydrogen-bond acceptors (Lipinski definition) is 6. The molecule has 0 atom stereocenters. The average molecular weight is 339 g/mol. The van der Waals surface area contributed by atoms with Crippen LogP contribution < -0.4 is 0 Å².